The van der Waals surface area contributed by atoms with Crippen molar-refractivity contribution in [2.24, 2.45) is 7.05 Å². The molecule has 0 spiro atoms. The molecule has 2 aromatic carbocycles. The molecule has 2 aromatic heterocycles. The molecule has 0 radical (unpaired) electrons. The maximum atomic E-state index is 13.1. The first-order valence-electron chi connectivity index (χ1n) is 9.33. The van der Waals surface area contributed by atoms with Crippen molar-refractivity contribution in [2.75, 3.05) is 4.90 Å². The zero-order valence-corrected chi connectivity index (χ0v) is 16.1. The summed E-state index contributed by atoms with van der Waals surface area (Å²) in [5.41, 5.74) is 4.35. The molecule has 0 unspecified atom stereocenters. The molecule has 0 aliphatic heterocycles. The van der Waals surface area contributed by atoms with Gasteiger partial charge in [0.25, 0.3) is 0 Å². The summed E-state index contributed by atoms with van der Waals surface area (Å²) in [5.74, 6) is 0. The minimum absolute atomic E-state index is 0.192. The van der Waals surface area contributed by atoms with Crippen molar-refractivity contribution in [3.63, 3.8) is 0 Å². The van der Waals surface area contributed by atoms with E-state index in [9.17, 15) is 4.79 Å². The first-order valence-corrected chi connectivity index (χ1v) is 9.33. The number of rotatable bonds is 5. The molecule has 0 aliphatic carbocycles. The Morgan fingerprint density at radius 1 is 1.00 bits per heavy atom. The lowest BCUT2D eigenvalue weighted by molar-refractivity contribution is 0.248. The molecule has 29 heavy (non-hydrogen) atoms. The highest BCUT2D eigenvalue weighted by molar-refractivity contribution is 5.99. The van der Waals surface area contributed by atoms with Crippen molar-refractivity contribution in [2.45, 2.75) is 6.54 Å². The van der Waals surface area contributed by atoms with Crippen LogP contribution in [-0.4, -0.2) is 20.8 Å². The van der Waals surface area contributed by atoms with Crippen LogP contribution in [0.25, 0.3) is 11.3 Å². The SMILES string of the molecule is Cn1cc(-c2cc(CNC(=O)N(c3ccccc3)c3ccccc3)ccn2)cn1. The van der Waals surface area contributed by atoms with Gasteiger partial charge in [0.15, 0.2) is 0 Å². The molecule has 0 saturated heterocycles. The van der Waals surface area contributed by atoms with Crippen LogP contribution in [-0.2, 0) is 13.6 Å². The van der Waals surface area contributed by atoms with Gasteiger partial charge in [0, 0.05) is 31.5 Å². The van der Waals surface area contributed by atoms with E-state index < -0.39 is 0 Å². The second kappa shape index (κ2) is 8.39. The van der Waals surface area contributed by atoms with Crippen molar-refractivity contribution in [3.8, 4) is 11.3 Å². The number of aryl methyl sites for hydroxylation is 1. The van der Waals surface area contributed by atoms with Gasteiger partial charge in [-0.3, -0.25) is 14.6 Å². The fourth-order valence-corrected chi connectivity index (χ4v) is 3.09. The summed E-state index contributed by atoms with van der Waals surface area (Å²) in [6, 6.07) is 22.9. The van der Waals surface area contributed by atoms with Crippen LogP contribution < -0.4 is 10.2 Å². The van der Waals surface area contributed by atoms with E-state index in [0.29, 0.717) is 6.54 Å². The summed E-state index contributed by atoms with van der Waals surface area (Å²) in [5, 5.41) is 7.21. The number of hydrogen-bond acceptors (Lipinski definition) is 3. The zero-order chi connectivity index (χ0) is 20.1. The normalized spacial score (nSPS) is 10.5. The molecule has 4 aromatic rings. The van der Waals surface area contributed by atoms with Crippen LogP contribution in [0.1, 0.15) is 5.56 Å². The van der Waals surface area contributed by atoms with Crippen molar-refractivity contribution in [1.82, 2.24) is 20.1 Å². The molecule has 2 heterocycles. The van der Waals surface area contributed by atoms with Crippen molar-refractivity contribution < 1.29 is 4.79 Å². The number of nitrogens with zero attached hydrogens (tertiary/aromatic N) is 4. The topological polar surface area (TPSA) is 63.1 Å². The van der Waals surface area contributed by atoms with Gasteiger partial charge < -0.3 is 5.32 Å². The third-order valence-electron chi connectivity index (χ3n) is 4.50. The Morgan fingerprint density at radius 3 is 2.24 bits per heavy atom. The first-order chi connectivity index (χ1) is 14.2. The Bertz CT molecular complexity index is 1050. The maximum Gasteiger partial charge on any atom is 0.326 e. The average molecular weight is 383 g/mol. The predicted octanol–water partition coefficient (Wildman–Crippen LogP) is 4.53. The van der Waals surface area contributed by atoms with Crippen LogP contribution >= 0.6 is 0 Å². The summed E-state index contributed by atoms with van der Waals surface area (Å²) < 4.78 is 1.74. The molecule has 0 fully saturated rings. The smallest absolute Gasteiger partial charge is 0.326 e. The number of pyridine rings is 1. The lowest BCUT2D eigenvalue weighted by atomic mass is 10.1. The Labute approximate surface area is 169 Å². The van der Waals surface area contributed by atoms with Crippen molar-refractivity contribution in [1.29, 1.82) is 0 Å². The number of carbonyl (C=O) groups excluding carboxylic acids is 1. The molecular formula is C23H21N5O. The molecule has 0 atom stereocenters. The molecule has 2 amide bonds. The van der Waals surface area contributed by atoms with Crippen LogP contribution in [0, 0.1) is 0 Å². The number of amides is 2. The fraction of sp³-hybridized carbons (Fsp3) is 0.0870. The van der Waals surface area contributed by atoms with Gasteiger partial charge in [-0.25, -0.2) is 4.79 Å². The van der Waals surface area contributed by atoms with E-state index >= 15 is 0 Å². The number of carbonyl (C=O) groups is 1. The second-order valence-electron chi connectivity index (χ2n) is 6.62. The van der Waals surface area contributed by atoms with Gasteiger partial charge in [-0.15, -0.1) is 0 Å². The predicted molar refractivity (Wildman–Crippen MR) is 114 cm³/mol. The lowest BCUT2D eigenvalue weighted by Gasteiger charge is -2.23. The number of para-hydroxylation sites is 2. The molecule has 0 bridgehead atoms. The van der Waals surface area contributed by atoms with E-state index in [1.807, 2.05) is 86.0 Å². The summed E-state index contributed by atoms with van der Waals surface area (Å²) in [6.45, 7) is 0.394. The quantitative estimate of drug-likeness (QED) is 0.551. The van der Waals surface area contributed by atoms with E-state index in [1.54, 1.807) is 22.0 Å². The number of aromatic nitrogens is 3. The van der Waals surface area contributed by atoms with E-state index in [-0.39, 0.29) is 6.03 Å². The van der Waals surface area contributed by atoms with Crippen LogP contribution in [0.4, 0.5) is 16.2 Å². The van der Waals surface area contributed by atoms with Crippen LogP contribution in [0.2, 0.25) is 0 Å². The average Bonchev–Trinajstić information content (AvgIpc) is 3.21. The van der Waals surface area contributed by atoms with Gasteiger partial charge >= 0.3 is 6.03 Å². The van der Waals surface area contributed by atoms with E-state index in [4.69, 9.17) is 0 Å². The molecule has 0 saturated carbocycles. The van der Waals surface area contributed by atoms with Crippen LogP contribution in [0.5, 0.6) is 0 Å². The van der Waals surface area contributed by atoms with E-state index in [1.165, 1.54) is 0 Å². The van der Waals surface area contributed by atoms with Gasteiger partial charge in [-0.1, -0.05) is 36.4 Å². The summed E-state index contributed by atoms with van der Waals surface area (Å²) in [7, 11) is 1.87. The van der Waals surface area contributed by atoms with Gasteiger partial charge in [-0.05, 0) is 42.0 Å². The first kappa shape index (κ1) is 18.4. The highest BCUT2D eigenvalue weighted by atomic mass is 16.2. The van der Waals surface area contributed by atoms with Crippen molar-refractivity contribution >= 4 is 17.4 Å². The maximum absolute atomic E-state index is 13.1. The lowest BCUT2D eigenvalue weighted by Crippen LogP contribution is -2.36. The molecule has 1 N–H and O–H groups in total. The fourth-order valence-electron chi connectivity index (χ4n) is 3.09. The van der Waals surface area contributed by atoms with Gasteiger partial charge in [-0.2, -0.15) is 5.10 Å². The highest BCUT2D eigenvalue weighted by Crippen LogP contribution is 2.25. The van der Waals surface area contributed by atoms with Crippen LogP contribution in [0.15, 0.2) is 91.4 Å². The van der Waals surface area contributed by atoms with Crippen LogP contribution in [0.3, 0.4) is 0 Å². The Hall–Kier alpha value is -3.93. The Balaban J connectivity index is 1.53. The number of nitrogens with one attached hydrogen (secondary N) is 1. The van der Waals surface area contributed by atoms with Gasteiger partial charge in [0.05, 0.1) is 23.3 Å². The standard InChI is InChI=1S/C23H21N5O/c1-27-17-19(16-26-27)22-14-18(12-13-24-22)15-25-23(29)28(20-8-4-2-5-9-20)21-10-6-3-7-11-21/h2-14,16-17H,15H2,1H3,(H,25,29). The third kappa shape index (κ3) is 4.32. The van der Waals surface area contributed by atoms with E-state index in [0.717, 1.165) is 28.2 Å². The number of benzene rings is 2. The minimum Gasteiger partial charge on any atom is -0.333 e. The molecule has 0 aliphatic rings. The zero-order valence-electron chi connectivity index (χ0n) is 16.1. The molecule has 6 heteroatoms. The van der Waals surface area contributed by atoms with Gasteiger partial charge in [0.2, 0.25) is 0 Å². The van der Waals surface area contributed by atoms with Crippen molar-refractivity contribution in [3.05, 3.63) is 97.0 Å². The third-order valence-corrected chi connectivity index (χ3v) is 4.50. The highest BCUT2D eigenvalue weighted by Gasteiger charge is 2.17. The molecule has 6 nitrogen and oxygen atoms in total. The molecule has 4 rings (SSSR count). The Kier molecular flexibility index (Phi) is 5.33. The second-order valence-corrected chi connectivity index (χ2v) is 6.62. The molecule has 144 valence electrons. The summed E-state index contributed by atoms with van der Waals surface area (Å²) in [6.07, 6.45) is 5.43. The summed E-state index contributed by atoms with van der Waals surface area (Å²) >= 11 is 0. The minimum atomic E-state index is -0.192. The Morgan fingerprint density at radius 2 is 1.66 bits per heavy atom. The number of hydrogen-bond donors (Lipinski definition) is 1. The van der Waals surface area contributed by atoms with Gasteiger partial charge in [0.1, 0.15) is 0 Å². The van der Waals surface area contributed by atoms with E-state index in [2.05, 4.69) is 15.4 Å². The largest absolute Gasteiger partial charge is 0.333 e. The number of urea groups is 1. The summed E-state index contributed by atoms with van der Waals surface area (Å²) in [4.78, 5) is 19.1. The monoisotopic (exact) mass is 383 g/mol. The molecular weight excluding hydrogens is 362 g/mol. The number of anilines is 2.